The van der Waals surface area contributed by atoms with Gasteiger partial charge in [0.05, 0.1) is 18.4 Å². The Labute approximate surface area is 221 Å². The van der Waals surface area contributed by atoms with Crippen molar-refractivity contribution < 1.29 is 14.7 Å². The molecule has 2 atom stereocenters. The van der Waals surface area contributed by atoms with Crippen LogP contribution in [0.4, 0.5) is 5.82 Å². The maximum absolute atomic E-state index is 13.1. The van der Waals surface area contributed by atoms with E-state index < -0.39 is 12.0 Å². The summed E-state index contributed by atoms with van der Waals surface area (Å²) in [5.41, 5.74) is 3.22. The molecule has 1 aromatic heterocycles. The number of aliphatic carboxylic acids is 1. The third kappa shape index (κ3) is 7.92. The fourth-order valence-electron chi connectivity index (χ4n) is 4.90. The molecule has 35 heavy (non-hydrogen) atoms. The average molecular weight is 566 g/mol. The zero-order valence-electron chi connectivity index (χ0n) is 19.8. The van der Waals surface area contributed by atoms with Gasteiger partial charge in [-0.1, -0.05) is 34.1 Å². The first-order chi connectivity index (χ1) is 16.5. The van der Waals surface area contributed by atoms with Gasteiger partial charge in [-0.2, -0.15) is 0 Å². The van der Waals surface area contributed by atoms with Crippen LogP contribution < -0.4 is 10.6 Å². The van der Waals surface area contributed by atoms with E-state index in [0.29, 0.717) is 6.54 Å². The van der Waals surface area contributed by atoms with Gasteiger partial charge in [-0.3, -0.25) is 9.59 Å². The van der Waals surface area contributed by atoms with Crippen LogP contribution in [0.1, 0.15) is 55.0 Å². The zero-order valence-corrected chi connectivity index (χ0v) is 22.2. The molecule has 0 spiro atoms. The molecule has 0 bridgehead atoms. The first-order valence-corrected chi connectivity index (χ1v) is 13.0. The molecule has 190 valence electrons. The molecule has 2 aliphatic heterocycles. The minimum absolute atomic E-state index is 0. The number of hydrogen-bond acceptors (Lipinski definition) is 5. The number of rotatable bonds is 9. The van der Waals surface area contributed by atoms with Crippen LogP contribution >= 0.6 is 28.3 Å². The Kier molecular flexibility index (Phi) is 10.4. The van der Waals surface area contributed by atoms with Gasteiger partial charge in [-0.05, 0) is 80.9 Å². The smallest absolute Gasteiger partial charge is 0.305 e. The molecule has 4 rings (SSSR count). The molecule has 1 unspecified atom stereocenters. The van der Waals surface area contributed by atoms with Crippen molar-refractivity contribution in [2.45, 2.75) is 51.0 Å². The predicted molar refractivity (Wildman–Crippen MR) is 143 cm³/mol. The van der Waals surface area contributed by atoms with Crippen molar-refractivity contribution >= 4 is 46.0 Å². The monoisotopic (exact) mass is 564 g/mol. The van der Waals surface area contributed by atoms with Gasteiger partial charge in [0.2, 0.25) is 5.91 Å². The molecule has 2 aromatic rings. The van der Waals surface area contributed by atoms with Gasteiger partial charge in [0.15, 0.2) is 0 Å². The molecular weight excluding hydrogens is 532 g/mol. The van der Waals surface area contributed by atoms with Gasteiger partial charge in [-0.15, -0.1) is 12.4 Å². The fraction of sp³-hybridized carbons (Fsp3) is 0.500. The van der Waals surface area contributed by atoms with Crippen molar-refractivity contribution in [2.24, 2.45) is 5.92 Å². The number of amides is 1. The van der Waals surface area contributed by atoms with E-state index in [1.807, 2.05) is 24.3 Å². The van der Waals surface area contributed by atoms with Crippen molar-refractivity contribution in [3.05, 3.63) is 57.7 Å². The Morgan fingerprint density at radius 1 is 1.26 bits per heavy atom. The molecule has 2 aliphatic rings. The van der Waals surface area contributed by atoms with Crippen molar-refractivity contribution in [3.8, 4) is 0 Å². The molecule has 3 heterocycles. The van der Waals surface area contributed by atoms with Crippen molar-refractivity contribution in [3.63, 3.8) is 0 Å². The normalized spacial score (nSPS) is 18.5. The molecule has 0 saturated carbocycles. The second-order valence-corrected chi connectivity index (χ2v) is 10.2. The molecule has 1 fully saturated rings. The summed E-state index contributed by atoms with van der Waals surface area (Å²) in [4.78, 5) is 31.6. The highest BCUT2D eigenvalue weighted by Gasteiger charge is 2.28. The number of fused-ring (bicyclic) bond motifs is 1. The van der Waals surface area contributed by atoms with E-state index in [-0.39, 0.29) is 30.7 Å². The summed E-state index contributed by atoms with van der Waals surface area (Å²) in [5, 5.41) is 15.8. The molecular formula is C26H34BrClN4O3. The van der Waals surface area contributed by atoms with E-state index in [1.54, 1.807) is 0 Å². The third-order valence-corrected chi connectivity index (χ3v) is 7.17. The van der Waals surface area contributed by atoms with Crippen molar-refractivity contribution in [1.29, 1.82) is 0 Å². The summed E-state index contributed by atoms with van der Waals surface area (Å²) in [7, 11) is 0. The number of aryl methyl sites for hydroxylation is 2. The lowest BCUT2D eigenvalue weighted by Gasteiger charge is -2.33. The van der Waals surface area contributed by atoms with Crippen LogP contribution in [-0.2, 0) is 22.4 Å². The lowest BCUT2D eigenvalue weighted by atomic mass is 9.95. The number of pyridine rings is 1. The second kappa shape index (κ2) is 13.2. The number of likely N-dealkylation sites (tertiary alicyclic amines) is 1. The van der Waals surface area contributed by atoms with Crippen LogP contribution in [0.15, 0.2) is 40.9 Å². The fourth-order valence-corrected chi connectivity index (χ4v) is 5.32. The number of carboxylic acids is 1. The number of nitrogens with one attached hydrogen (secondary N) is 2. The van der Waals surface area contributed by atoms with Gasteiger partial charge >= 0.3 is 5.97 Å². The van der Waals surface area contributed by atoms with Crippen LogP contribution in [0.2, 0.25) is 0 Å². The van der Waals surface area contributed by atoms with Crippen LogP contribution in [0.3, 0.4) is 0 Å². The van der Waals surface area contributed by atoms with Crippen LogP contribution in [0.5, 0.6) is 0 Å². The molecule has 0 radical (unpaired) electrons. The molecule has 1 saturated heterocycles. The number of carbonyl (C=O) groups excluding carboxylic acids is 1. The summed E-state index contributed by atoms with van der Waals surface area (Å²) in [6.45, 7) is 3.63. The Hall–Kier alpha value is -2.16. The highest BCUT2D eigenvalue weighted by Crippen LogP contribution is 2.24. The van der Waals surface area contributed by atoms with Crippen molar-refractivity contribution in [2.75, 3.05) is 31.5 Å². The summed E-state index contributed by atoms with van der Waals surface area (Å²) in [6.07, 6.45) is 5.85. The molecule has 3 N–H and O–H groups in total. The highest BCUT2D eigenvalue weighted by atomic mass is 79.9. The van der Waals surface area contributed by atoms with Crippen LogP contribution in [-0.4, -0.2) is 53.0 Å². The number of halogens is 2. The third-order valence-electron chi connectivity index (χ3n) is 6.68. The van der Waals surface area contributed by atoms with Gasteiger partial charge in [0, 0.05) is 23.3 Å². The van der Waals surface area contributed by atoms with Gasteiger partial charge < -0.3 is 20.6 Å². The number of hydrogen-bond donors (Lipinski definition) is 3. The minimum Gasteiger partial charge on any atom is -0.481 e. The summed E-state index contributed by atoms with van der Waals surface area (Å²) < 4.78 is 0.864. The van der Waals surface area contributed by atoms with E-state index in [1.165, 1.54) is 5.56 Å². The maximum Gasteiger partial charge on any atom is 0.305 e. The molecule has 0 aliphatic carbocycles. The van der Waals surface area contributed by atoms with Crippen molar-refractivity contribution in [1.82, 2.24) is 15.2 Å². The highest BCUT2D eigenvalue weighted by molar-refractivity contribution is 9.10. The Morgan fingerprint density at radius 2 is 2.11 bits per heavy atom. The standard InChI is InChI=1S/C26H33BrN4O3.ClH/c27-21-8-1-5-19(15-21)23(16-24(32)33)30-26(34)20-7-3-13-31(17-20)14-4-9-22-11-10-18-6-2-12-28-25(18)29-22;/h1,5,8,10-11,15,20,23H,2-4,6-7,9,12-14,16-17H2,(H,28,29)(H,30,34)(H,32,33);1H/t20-,23?;/m1./s1. The Bertz CT molecular complexity index is 1020. The summed E-state index contributed by atoms with van der Waals surface area (Å²) >= 11 is 3.43. The van der Waals surface area contributed by atoms with Gasteiger partial charge in [0.25, 0.3) is 0 Å². The lowest BCUT2D eigenvalue weighted by molar-refractivity contribution is -0.138. The topological polar surface area (TPSA) is 94.6 Å². The first kappa shape index (κ1) is 27.4. The quantitative estimate of drug-likeness (QED) is 0.411. The zero-order chi connectivity index (χ0) is 23.9. The summed E-state index contributed by atoms with van der Waals surface area (Å²) in [6, 6.07) is 11.3. The number of piperidine rings is 1. The number of benzene rings is 1. The predicted octanol–water partition coefficient (Wildman–Crippen LogP) is 4.60. The lowest BCUT2D eigenvalue weighted by Crippen LogP contribution is -2.44. The SMILES string of the molecule is Cl.O=C(O)CC(NC(=O)[C@@H]1CCCN(CCCc2ccc3c(n2)NCCC3)C1)c1cccc(Br)c1. The van der Waals surface area contributed by atoms with E-state index in [2.05, 4.69) is 43.6 Å². The number of nitrogens with zero attached hydrogens (tertiary/aromatic N) is 2. The average Bonchev–Trinajstić information content (AvgIpc) is 2.83. The number of anilines is 1. The van der Waals surface area contributed by atoms with Crippen LogP contribution in [0, 0.1) is 5.92 Å². The van der Waals surface area contributed by atoms with E-state index in [9.17, 15) is 14.7 Å². The number of carbonyl (C=O) groups is 2. The van der Waals surface area contributed by atoms with E-state index >= 15 is 0 Å². The Morgan fingerprint density at radius 3 is 2.91 bits per heavy atom. The maximum atomic E-state index is 13.1. The molecule has 1 aromatic carbocycles. The van der Waals surface area contributed by atoms with Crippen LogP contribution in [0.25, 0.3) is 0 Å². The summed E-state index contributed by atoms with van der Waals surface area (Å²) in [5.74, 6) is -0.0667. The second-order valence-electron chi connectivity index (χ2n) is 9.30. The molecule has 7 nitrogen and oxygen atoms in total. The van der Waals surface area contributed by atoms with Gasteiger partial charge in [-0.25, -0.2) is 4.98 Å². The largest absolute Gasteiger partial charge is 0.481 e. The van der Waals surface area contributed by atoms with E-state index in [0.717, 1.165) is 79.7 Å². The molecule has 9 heteroatoms. The first-order valence-electron chi connectivity index (χ1n) is 12.2. The molecule has 1 amide bonds. The number of aromatic nitrogens is 1. The number of carboxylic acid groups (broad SMARTS) is 1. The van der Waals surface area contributed by atoms with Gasteiger partial charge in [0.1, 0.15) is 5.82 Å². The minimum atomic E-state index is -0.929. The van der Waals surface area contributed by atoms with E-state index in [4.69, 9.17) is 4.98 Å². The Balaban J connectivity index is 0.00000342.